The fourth-order valence-corrected chi connectivity index (χ4v) is 3.42. The molecule has 1 aliphatic rings. The highest BCUT2D eigenvalue weighted by atomic mass is 16.5. The molecular formula is C22H29N3O4. The lowest BCUT2D eigenvalue weighted by atomic mass is 9.92. The number of hydrogen-bond donors (Lipinski definition) is 0. The molecule has 0 unspecified atom stereocenters. The van der Waals surface area contributed by atoms with Crippen LogP contribution in [0.4, 0.5) is 0 Å². The van der Waals surface area contributed by atoms with Crippen LogP contribution in [-0.4, -0.2) is 47.4 Å². The lowest BCUT2D eigenvalue weighted by Gasteiger charge is -2.32. The second-order valence-electron chi connectivity index (χ2n) is 8.30. The Labute approximate surface area is 171 Å². The number of amides is 1. The average molecular weight is 399 g/mol. The van der Waals surface area contributed by atoms with Crippen LogP contribution in [0.25, 0.3) is 0 Å². The summed E-state index contributed by atoms with van der Waals surface area (Å²) in [6, 6.07) is 10.6. The third kappa shape index (κ3) is 4.96. The Morgan fingerprint density at radius 2 is 1.76 bits per heavy atom. The predicted octanol–water partition coefficient (Wildman–Crippen LogP) is 2.79. The maximum atomic E-state index is 12.5. The van der Waals surface area contributed by atoms with Gasteiger partial charge in [-0.15, -0.1) is 0 Å². The molecule has 1 saturated heterocycles. The Kier molecular flexibility index (Phi) is 6.25. The first kappa shape index (κ1) is 20.9. The van der Waals surface area contributed by atoms with Crippen molar-refractivity contribution < 1.29 is 14.3 Å². The van der Waals surface area contributed by atoms with E-state index in [1.807, 2.05) is 12.1 Å². The van der Waals surface area contributed by atoms with E-state index in [9.17, 15) is 9.59 Å². The minimum absolute atomic E-state index is 0.00369. The summed E-state index contributed by atoms with van der Waals surface area (Å²) < 4.78 is 12.5. The molecule has 0 N–H and O–H groups in total. The first-order chi connectivity index (χ1) is 13.8. The van der Waals surface area contributed by atoms with E-state index in [1.54, 1.807) is 41.0 Å². The smallest absolute Gasteiger partial charge is 0.267 e. The van der Waals surface area contributed by atoms with Crippen molar-refractivity contribution in [3.63, 3.8) is 0 Å². The number of benzene rings is 1. The van der Waals surface area contributed by atoms with Crippen LogP contribution >= 0.6 is 0 Å². The van der Waals surface area contributed by atoms with E-state index in [1.165, 1.54) is 0 Å². The van der Waals surface area contributed by atoms with Crippen molar-refractivity contribution in [2.24, 2.45) is 0 Å². The average Bonchev–Trinajstić information content (AvgIpc) is 2.72. The van der Waals surface area contributed by atoms with Gasteiger partial charge in [-0.05, 0) is 31.0 Å². The number of likely N-dealkylation sites (tertiary alicyclic amines) is 1. The largest absolute Gasteiger partial charge is 0.493 e. The van der Waals surface area contributed by atoms with E-state index in [-0.39, 0.29) is 29.5 Å². The number of carbonyl (C=O) groups excluding carboxylic acids is 1. The molecule has 1 aliphatic heterocycles. The molecule has 1 aromatic carbocycles. The molecule has 0 aliphatic carbocycles. The van der Waals surface area contributed by atoms with Crippen LogP contribution in [-0.2, 0) is 10.2 Å². The lowest BCUT2D eigenvalue weighted by molar-refractivity contribution is -0.134. The van der Waals surface area contributed by atoms with Crippen LogP contribution in [0.3, 0.4) is 0 Å². The topological polar surface area (TPSA) is 73.7 Å². The molecular weight excluding hydrogens is 370 g/mol. The van der Waals surface area contributed by atoms with E-state index < -0.39 is 0 Å². The number of rotatable bonds is 5. The normalized spacial score (nSPS) is 15.2. The minimum atomic E-state index is -0.123. The van der Waals surface area contributed by atoms with Gasteiger partial charge in [0.25, 0.3) is 11.5 Å². The molecule has 7 nitrogen and oxygen atoms in total. The van der Waals surface area contributed by atoms with Crippen molar-refractivity contribution in [3.05, 3.63) is 52.4 Å². The van der Waals surface area contributed by atoms with Gasteiger partial charge in [0.2, 0.25) is 0 Å². The second kappa shape index (κ2) is 8.68. The third-order valence-corrected chi connectivity index (χ3v) is 5.18. The predicted molar refractivity (Wildman–Crippen MR) is 111 cm³/mol. The number of carbonyl (C=O) groups is 1. The molecule has 0 bridgehead atoms. The molecule has 2 aromatic rings. The van der Waals surface area contributed by atoms with Crippen molar-refractivity contribution in [1.29, 1.82) is 0 Å². The van der Waals surface area contributed by atoms with Crippen LogP contribution in [0.2, 0.25) is 0 Å². The summed E-state index contributed by atoms with van der Waals surface area (Å²) in [5.41, 5.74) is 0.671. The molecule has 1 fully saturated rings. The molecule has 29 heavy (non-hydrogen) atoms. The first-order valence-corrected chi connectivity index (χ1v) is 9.93. The van der Waals surface area contributed by atoms with E-state index >= 15 is 0 Å². The number of methoxy groups -OCH3 is 1. The maximum absolute atomic E-state index is 12.5. The van der Waals surface area contributed by atoms with Gasteiger partial charge < -0.3 is 14.4 Å². The van der Waals surface area contributed by atoms with Gasteiger partial charge in [0.05, 0.1) is 18.8 Å². The monoisotopic (exact) mass is 399 g/mol. The molecule has 0 atom stereocenters. The zero-order chi connectivity index (χ0) is 21.0. The van der Waals surface area contributed by atoms with E-state index in [2.05, 4.69) is 25.9 Å². The van der Waals surface area contributed by atoms with Gasteiger partial charge in [-0.1, -0.05) is 32.9 Å². The fourth-order valence-electron chi connectivity index (χ4n) is 3.42. The van der Waals surface area contributed by atoms with Gasteiger partial charge in [0.1, 0.15) is 0 Å². The van der Waals surface area contributed by atoms with Gasteiger partial charge in [0.15, 0.2) is 18.1 Å². The van der Waals surface area contributed by atoms with E-state index in [0.717, 1.165) is 5.69 Å². The highest BCUT2D eigenvalue weighted by molar-refractivity contribution is 5.78. The molecule has 156 valence electrons. The van der Waals surface area contributed by atoms with E-state index in [0.29, 0.717) is 37.4 Å². The lowest BCUT2D eigenvalue weighted by Crippen LogP contribution is -2.43. The number of nitrogens with zero attached hydrogens (tertiary/aromatic N) is 3. The molecule has 0 radical (unpaired) electrons. The Morgan fingerprint density at radius 3 is 2.38 bits per heavy atom. The number of piperidine rings is 1. The standard InChI is InChI=1S/C22H29N3O4/c1-22(2,3)19-9-10-20(26)25(23-19)16-11-13-24(14-12-16)21(27)15-29-18-8-6-5-7-17(18)28-4/h5-10,16H,11-15H2,1-4H3. The Balaban J connectivity index is 1.59. The van der Waals surface area contributed by atoms with Crippen LogP contribution < -0.4 is 15.0 Å². The van der Waals surface area contributed by atoms with Crippen molar-refractivity contribution in [2.45, 2.75) is 45.1 Å². The third-order valence-electron chi connectivity index (χ3n) is 5.18. The zero-order valence-electron chi connectivity index (χ0n) is 17.6. The summed E-state index contributed by atoms with van der Waals surface area (Å²) in [6.07, 6.45) is 1.39. The first-order valence-electron chi connectivity index (χ1n) is 9.93. The molecule has 0 spiro atoms. The van der Waals surface area contributed by atoms with Crippen molar-refractivity contribution in [3.8, 4) is 11.5 Å². The summed E-state index contributed by atoms with van der Waals surface area (Å²) in [5, 5.41) is 4.59. The van der Waals surface area contributed by atoms with Crippen molar-refractivity contribution >= 4 is 5.91 Å². The molecule has 1 aromatic heterocycles. The molecule has 2 heterocycles. The number of para-hydroxylation sites is 2. The van der Waals surface area contributed by atoms with Crippen LogP contribution in [0.1, 0.15) is 45.3 Å². The van der Waals surface area contributed by atoms with Gasteiger partial charge in [-0.25, -0.2) is 4.68 Å². The summed E-state index contributed by atoms with van der Waals surface area (Å²) in [6.45, 7) is 7.34. The number of ether oxygens (including phenoxy) is 2. The van der Waals surface area contributed by atoms with Gasteiger partial charge in [0, 0.05) is 24.6 Å². The van der Waals surface area contributed by atoms with Crippen molar-refractivity contribution in [2.75, 3.05) is 26.8 Å². The summed E-state index contributed by atoms with van der Waals surface area (Å²) in [7, 11) is 1.57. The minimum Gasteiger partial charge on any atom is -0.493 e. The molecule has 0 saturated carbocycles. The zero-order valence-corrected chi connectivity index (χ0v) is 17.6. The molecule has 1 amide bonds. The fraction of sp³-hybridized carbons (Fsp3) is 0.500. The van der Waals surface area contributed by atoms with Crippen molar-refractivity contribution in [1.82, 2.24) is 14.7 Å². The Morgan fingerprint density at radius 1 is 1.10 bits per heavy atom. The van der Waals surface area contributed by atoms with Crippen LogP contribution in [0, 0.1) is 0 Å². The van der Waals surface area contributed by atoms with Gasteiger partial charge >= 0.3 is 0 Å². The van der Waals surface area contributed by atoms with Crippen LogP contribution in [0.5, 0.6) is 11.5 Å². The Bertz CT molecular complexity index is 909. The quantitative estimate of drug-likeness (QED) is 0.773. The highest BCUT2D eigenvalue weighted by Crippen LogP contribution is 2.26. The number of hydrogen-bond acceptors (Lipinski definition) is 5. The van der Waals surface area contributed by atoms with Crippen LogP contribution in [0.15, 0.2) is 41.2 Å². The van der Waals surface area contributed by atoms with Gasteiger partial charge in [-0.3, -0.25) is 9.59 Å². The summed E-state index contributed by atoms with van der Waals surface area (Å²) in [4.78, 5) is 26.6. The SMILES string of the molecule is COc1ccccc1OCC(=O)N1CCC(n2nc(C(C)(C)C)ccc2=O)CC1. The highest BCUT2D eigenvalue weighted by Gasteiger charge is 2.26. The second-order valence-corrected chi connectivity index (χ2v) is 8.30. The molecule has 7 heteroatoms. The number of aromatic nitrogens is 2. The van der Waals surface area contributed by atoms with E-state index in [4.69, 9.17) is 9.47 Å². The summed E-state index contributed by atoms with van der Waals surface area (Å²) >= 11 is 0. The summed E-state index contributed by atoms with van der Waals surface area (Å²) in [5.74, 6) is 1.08. The van der Waals surface area contributed by atoms with Gasteiger partial charge in [-0.2, -0.15) is 5.10 Å². The Hall–Kier alpha value is -2.83. The molecule has 3 rings (SSSR count). The maximum Gasteiger partial charge on any atom is 0.267 e.